The molecule has 3 rings (SSSR count). The topological polar surface area (TPSA) is 64.9 Å². The molecule has 0 saturated carbocycles. The lowest BCUT2D eigenvalue weighted by Gasteiger charge is -2.22. The van der Waals surface area contributed by atoms with E-state index >= 15 is 0 Å². The van der Waals surface area contributed by atoms with Crippen LogP contribution in [0.5, 0.6) is 0 Å². The highest BCUT2D eigenvalue weighted by Crippen LogP contribution is 2.11. The Morgan fingerprint density at radius 2 is 2.00 bits per heavy atom. The first-order valence-corrected chi connectivity index (χ1v) is 7.06. The normalized spacial score (nSPS) is 16.4. The van der Waals surface area contributed by atoms with E-state index in [2.05, 4.69) is 20.7 Å². The third-order valence-electron chi connectivity index (χ3n) is 3.45. The summed E-state index contributed by atoms with van der Waals surface area (Å²) in [6.45, 7) is 3.31. The Morgan fingerprint density at radius 1 is 1.20 bits per heavy atom. The molecule has 6 heteroatoms. The van der Waals surface area contributed by atoms with Gasteiger partial charge < -0.3 is 10.1 Å². The van der Waals surface area contributed by atoms with E-state index in [-0.39, 0.29) is 0 Å². The summed E-state index contributed by atoms with van der Waals surface area (Å²) in [5, 5.41) is 16.1. The molecule has 1 aliphatic heterocycles. The zero-order valence-corrected chi connectivity index (χ0v) is 11.4. The fourth-order valence-electron chi connectivity index (χ4n) is 2.31. The molecule has 6 nitrogen and oxygen atoms in total. The second-order valence-corrected chi connectivity index (χ2v) is 4.92. The van der Waals surface area contributed by atoms with Crippen molar-refractivity contribution in [2.45, 2.75) is 25.4 Å². The summed E-state index contributed by atoms with van der Waals surface area (Å²) in [4.78, 5) is 1.65. The average molecular weight is 273 g/mol. The second kappa shape index (κ2) is 6.58. The number of hydrogen-bond donors (Lipinski definition) is 1. The predicted molar refractivity (Wildman–Crippen MR) is 75.1 cm³/mol. The molecule has 1 aromatic carbocycles. The zero-order chi connectivity index (χ0) is 13.6. The number of tetrazole rings is 1. The van der Waals surface area contributed by atoms with Gasteiger partial charge in [-0.3, -0.25) is 0 Å². The van der Waals surface area contributed by atoms with Crippen molar-refractivity contribution in [2.24, 2.45) is 0 Å². The molecule has 106 valence electrons. The number of rotatable bonds is 5. The summed E-state index contributed by atoms with van der Waals surface area (Å²) in [5.74, 6) is 0.677. The summed E-state index contributed by atoms with van der Waals surface area (Å²) >= 11 is 0. The van der Waals surface area contributed by atoms with Crippen molar-refractivity contribution in [3.05, 3.63) is 30.3 Å². The Kier molecular flexibility index (Phi) is 4.35. The van der Waals surface area contributed by atoms with Crippen LogP contribution in [-0.2, 0) is 11.3 Å². The number of hydrogen-bond acceptors (Lipinski definition) is 5. The van der Waals surface area contributed by atoms with E-state index in [1.807, 2.05) is 30.3 Å². The van der Waals surface area contributed by atoms with Gasteiger partial charge in [-0.25, -0.2) is 0 Å². The van der Waals surface area contributed by atoms with E-state index in [0.717, 1.165) is 44.7 Å². The lowest BCUT2D eigenvalue weighted by atomic mass is 10.1. The number of aromatic nitrogens is 4. The molecule has 0 atom stereocenters. The summed E-state index contributed by atoms with van der Waals surface area (Å²) < 4.78 is 5.34. The van der Waals surface area contributed by atoms with E-state index in [9.17, 15) is 0 Å². The molecule has 0 bridgehead atoms. The Bertz CT molecular complexity index is 521. The van der Waals surface area contributed by atoms with Gasteiger partial charge in [-0.05, 0) is 18.1 Å². The predicted octanol–water partition coefficient (Wildman–Crippen LogP) is 1.11. The Hall–Kier alpha value is -1.79. The fourth-order valence-corrected chi connectivity index (χ4v) is 2.31. The van der Waals surface area contributed by atoms with Gasteiger partial charge >= 0.3 is 0 Å². The van der Waals surface area contributed by atoms with Crippen LogP contribution in [0, 0.1) is 0 Å². The van der Waals surface area contributed by atoms with Crippen LogP contribution < -0.4 is 5.32 Å². The van der Waals surface area contributed by atoms with Crippen molar-refractivity contribution in [2.75, 3.05) is 19.8 Å². The SMILES string of the molecule is c1ccc(-c2nnn(CCNC3CCOCC3)n2)cc1. The molecule has 1 fully saturated rings. The van der Waals surface area contributed by atoms with Gasteiger partial charge in [0.15, 0.2) is 0 Å². The van der Waals surface area contributed by atoms with Gasteiger partial charge in [-0.2, -0.15) is 4.80 Å². The largest absolute Gasteiger partial charge is 0.381 e. The van der Waals surface area contributed by atoms with Crippen LogP contribution in [0.1, 0.15) is 12.8 Å². The monoisotopic (exact) mass is 273 g/mol. The van der Waals surface area contributed by atoms with Gasteiger partial charge in [0.05, 0.1) is 6.54 Å². The van der Waals surface area contributed by atoms with Gasteiger partial charge in [0, 0.05) is 31.4 Å². The van der Waals surface area contributed by atoms with Crippen LogP contribution in [0.25, 0.3) is 11.4 Å². The van der Waals surface area contributed by atoms with Crippen LogP contribution in [0.2, 0.25) is 0 Å². The molecule has 0 aliphatic carbocycles. The molecular formula is C14H19N5O. The third-order valence-corrected chi connectivity index (χ3v) is 3.45. The molecule has 1 aromatic heterocycles. The summed E-state index contributed by atoms with van der Waals surface area (Å²) in [6.07, 6.45) is 2.17. The minimum atomic E-state index is 0.556. The van der Waals surface area contributed by atoms with Gasteiger partial charge in [0.1, 0.15) is 0 Å². The van der Waals surface area contributed by atoms with Crippen LogP contribution in [0.15, 0.2) is 30.3 Å². The highest BCUT2D eigenvalue weighted by molar-refractivity contribution is 5.52. The Labute approximate surface area is 118 Å². The molecule has 0 radical (unpaired) electrons. The zero-order valence-electron chi connectivity index (χ0n) is 11.4. The van der Waals surface area contributed by atoms with E-state index in [1.54, 1.807) is 4.80 Å². The molecule has 2 heterocycles. The highest BCUT2D eigenvalue weighted by Gasteiger charge is 2.12. The molecule has 0 unspecified atom stereocenters. The number of benzene rings is 1. The standard InChI is InChI=1S/C14H19N5O/c1-2-4-12(5-3-1)14-16-18-19(17-14)9-8-15-13-6-10-20-11-7-13/h1-5,13,15H,6-11H2. The molecule has 1 N–H and O–H groups in total. The smallest absolute Gasteiger partial charge is 0.204 e. The van der Waals surface area contributed by atoms with Gasteiger partial charge in [-0.15, -0.1) is 10.2 Å². The first-order valence-electron chi connectivity index (χ1n) is 7.06. The molecule has 2 aromatic rings. The summed E-state index contributed by atoms with van der Waals surface area (Å²) in [7, 11) is 0. The van der Waals surface area contributed by atoms with Crippen LogP contribution >= 0.6 is 0 Å². The van der Waals surface area contributed by atoms with E-state index in [4.69, 9.17) is 4.74 Å². The van der Waals surface area contributed by atoms with Crippen molar-refractivity contribution in [1.82, 2.24) is 25.5 Å². The minimum Gasteiger partial charge on any atom is -0.381 e. The molecule has 1 aliphatic rings. The van der Waals surface area contributed by atoms with Crippen molar-refractivity contribution < 1.29 is 4.74 Å². The summed E-state index contributed by atoms with van der Waals surface area (Å²) in [6, 6.07) is 10.5. The van der Waals surface area contributed by atoms with Crippen molar-refractivity contribution >= 4 is 0 Å². The van der Waals surface area contributed by atoms with E-state index in [1.165, 1.54) is 0 Å². The van der Waals surface area contributed by atoms with Crippen LogP contribution in [-0.4, -0.2) is 46.0 Å². The van der Waals surface area contributed by atoms with E-state index in [0.29, 0.717) is 11.9 Å². The second-order valence-electron chi connectivity index (χ2n) is 4.92. The van der Waals surface area contributed by atoms with Crippen LogP contribution in [0.3, 0.4) is 0 Å². The van der Waals surface area contributed by atoms with Crippen molar-refractivity contribution in [3.8, 4) is 11.4 Å². The maximum atomic E-state index is 5.34. The molecule has 1 saturated heterocycles. The Morgan fingerprint density at radius 3 is 2.80 bits per heavy atom. The number of nitrogens with one attached hydrogen (secondary N) is 1. The Balaban J connectivity index is 1.50. The van der Waals surface area contributed by atoms with Gasteiger partial charge in [0.25, 0.3) is 0 Å². The minimum absolute atomic E-state index is 0.556. The van der Waals surface area contributed by atoms with Crippen LogP contribution in [0.4, 0.5) is 0 Å². The maximum Gasteiger partial charge on any atom is 0.204 e. The molecule has 0 spiro atoms. The lowest BCUT2D eigenvalue weighted by Crippen LogP contribution is -2.36. The lowest BCUT2D eigenvalue weighted by molar-refractivity contribution is 0.0777. The first kappa shape index (κ1) is 13.2. The molecule has 20 heavy (non-hydrogen) atoms. The average Bonchev–Trinajstić information content (AvgIpc) is 2.98. The molecule has 0 amide bonds. The maximum absolute atomic E-state index is 5.34. The van der Waals surface area contributed by atoms with E-state index < -0.39 is 0 Å². The number of ether oxygens (including phenoxy) is 1. The van der Waals surface area contributed by atoms with Crippen molar-refractivity contribution in [3.63, 3.8) is 0 Å². The number of nitrogens with zero attached hydrogens (tertiary/aromatic N) is 4. The fraction of sp³-hybridized carbons (Fsp3) is 0.500. The summed E-state index contributed by atoms with van der Waals surface area (Å²) in [5.41, 5.74) is 0.996. The third kappa shape index (κ3) is 3.40. The van der Waals surface area contributed by atoms with Gasteiger partial charge in [-0.1, -0.05) is 30.3 Å². The van der Waals surface area contributed by atoms with Gasteiger partial charge in [0.2, 0.25) is 5.82 Å². The highest BCUT2D eigenvalue weighted by atomic mass is 16.5. The quantitative estimate of drug-likeness (QED) is 0.884. The molecular weight excluding hydrogens is 254 g/mol. The van der Waals surface area contributed by atoms with Crippen molar-refractivity contribution in [1.29, 1.82) is 0 Å². The first-order chi connectivity index (χ1) is 9.92.